The predicted octanol–water partition coefficient (Wildman–Crippen LogP) is 8.45. The van der Waals surface area contributed by atoms with Gasteiger partial charge in [-0.05, 0) is 60.4 Å². The van der Waals surface area contributed by atoms with Gasteiger partial charge in [-0.25, -0.2) is 4.98 Å². The van der Waals surface area contributed by atoms with Crippen molar-refractivity contribution in [3.63, 3.8) is 0 Å². The molecule has 0 aliphatic carbocycles. The molecular weight excluding hydrogens is 549 g/mol. The zero-order valence-electron chi connectivity index (χ0n) is 22.8. The molecule has 0 aliphatic rings. The van der Waals surface area contributed by atoms with Crippen LogP contribution >= 0.6 is 11.3 Å². The van der Waals surface area contributed by atoms with Gasteiger partial charge in [-0.1, -0.05) is 60.7 Å². The van der Waals surface area contributed by atoms with E-state index in [0.717, 1.165) is 44.1 Å². The summed E-state index contributed by atoms with van der Waals surface area (Å²) < 4.78 is 44.8. The number of rotatable bonds is 9. The maximum atomic E-state index is 13.2. The number of hydrogen-bond donors (Lipinski definition) is 1. The molecule has 41 heavy (non-hydrogen) atoms. The van der Waals surface area contributed by atoms with Gasteiger partial charge < -0.3 is 9.52 Å². The van der Waals surface area contributed by atoms with Gasteiger partial charge in [-0.15, -0.1) is 11.3 Å². The number of carbonyl (C=O) groups is 1. The summed E-state index contributed by atoms with van der Waals surface area (Å²) in [5.74, 6) is -1.71. The number of furan rings is 1. The molecule has 5 aromatic rings. The van der Waals surface area contributed by atoms with Crippen LogP contribution in [0.4, 0.5) is 13.2 Å². The SMILES string of the molecule is Cc1ccc2ccccc2c1CN(Cc1ccc(-c2nc(C(C)(C)C(=O)O)cs2)cc1)Cc1ccc(C(F)(F)F)o1. The topological polar surface area (TPSA) is 66.6 Å². The molecule has 2 aromatic heterocycles. The largest absolute Gasteiger partial charge is 0.481 e. The minimum absolute atomic E-state index is 0.195. The van der Waals surface area contributed by atoms with Crippen molar-refractivity contribution in [3.05, 3.63) is 112 Å². The van der Waals surface area contributed by atoms with Gasteiger partial charge in [0.05, 0.1) is 12.2 Å². The van der Waals surface area contributed by atoms with Crippen LogP contribution in [0, 0.1) is 6.92 Å². The maximum absolute atomic E-state index is 13.2. The second-order valence-electron chi connectivity index (χ2n) is 10.7. The van der Waals surface area contributed by atoms with E-state index in [1.807, 2.05) is 49.4 Å². The van der Waals surface area contributed by atoms with E-state index in [0.29, 0.717) is 18.8 Å². The standard InChI is InChI=1S/C32H29F3N2O3S/c1-20-8-11-22-6-4-5-7-25(22)26(20)18-37(17-24-14-15-28(40-24)32(33,34)35)16-21-9-12-23(13-10-21)29-36-27(19-41-29)31(2,3)30(38)39/h4-15,19H,16-18H2,1-3H3,(H,38,39). The van der Waals surface area contributed by atoms with Crippen LogP contribution in [0.25, 0.3) is 21.3 Å². The summed E-state index contributed by atoms with van der Waals surface area (Å²) in [7, 11) is 0. The fourth-order valence-corrected chi connectivity index (χ4v) is 5.69. The summed E-state index contributed by atoms with van der Waals surface area (Å²) >= 11 is 1.39. The Morgan fingerprint density at radius 2 is 1.68 bits per heavy atom. The van der Waals surface area contributed by atoms with Crippen LogP contribution in [0.3, 0.4) is 0 Å². The minimum Gasteiger partial charge on any atom is -0.481 e. The Morgan fingerprint density at radius 1 is 0.951 bits per heavy atom. The van der Waals surface area contributed by atoms with Crippen LogP contribution in [-0.2, 0) is 36.0 Å². The Hall–Kier alpha value is -3.95. The second kappa shape index (κ2) is 11.1. The summed E-state index contributed by atoms with van der Waals surface area (Å²) in [4.78, 5) is 18.2. The number of aryl methyl sites for hydroxylation is 1. The number of halogens is 3. The van der Waals surface area contributed by atoms with Crippen molar-refractivity contribution in [1.82, 2.24) is 9.88 Å². The van der Waals surface area contributed by atoms with E-state index in [-0.39, 0.29) is 12.3 Å². The lowest BCUT2D eigenvalue weighted by molar-refractivity contribution is -0.153. The number of nitrogens with zero attached hydrogens (tertiary/aromatic N) is 2. The molecule has 3 aromatic carbocycles. The van der Waals surface area contributed by atoms with Crippen molar-refractivity contribution < 1.29 is 27.5 Å². The van der Waals surface area contributed by atoms with Gasteiger partial charge in [0.2, 0.25) is 5.76 Å². The highest BCUT2D eigenvalue weighted by atomic mass is 32.1. The van der Waals surface area contributed by atoms with Gasteiger partial charge in [-0.2, -0.15) is 13.2 Å². The third-order valence-electron chi connectivity index (χ3n) is 7.26. The predicted molar refractivity (Wildman–Crippen MR) is 154 cm³/mol. The van der Waals surface area contributed by atoms with Crippen molar-refractivity contribution >= 4 is 28.1 Å². The lowest BCUT2D eigenvalue weighted by Gasteiger charge is -2.24. The van der Waals surface area contributed by atoms with E-state index in [2.05, 4.69) is 28.1 Å². The van der Waals surface area contributed by atoms with E-state index in [4.69, 9.17) is 4.42 Å². The highest BCUT2D eigenvalue weighted by Gasteiger charge is 2.35. The lowest BCUT2D eigenvalue weighted by atomic mass is 9.90. The lowest BCUT2D eigenvalue weighted by Crippen LogP contribution is -2.28. The average Bonchev–Trinajstić information content (AvgIpc) is 3.61. The molecule has 0 radical (unpaired) electrons. The van der Waals surface area contributed by atoms with Gasteiger partial charge in [0, 0.05) is 24.0 Å². The van der Waals surface area contributed by atoms with Crippen LogP contribution in [0.5, 0.6) is 0 Å². The maximum Gasteiger partial charge on any atom is 0.449 e. The number of carboxylic acid groups (broad SMARTS) is 1. The average molecular weight is 579 g/mol. The molecule has 0 saturated heterocycles. The Kier molecular flexibility index (Phi) is 7.76. The van der Waals surface area contributed by atoms with Gasteiger partial charge in [0.1, 0.15) is 16.2 Å². The van der Waals surface area contributed by atoms with E-state index in [9.17, 15) is 23.1 Å². The number of aromatic nitrogens is 1. The molecular formula is C32H29F3N2O3S. The van der Waals surface area contributed by atoms with E-state index in [1.165, 1.54) is 17.4 Å². The first-order valence-electron chi connectivity index (χ1n) is 13.1. The number of fused-ring (bicyclic) bond motifs is 1. The van der Waals surface area contributed by atoms with E-state index >= 15 is 0 Å². The molecule has 1 N–H and O–H groups in total. The molecule has 2 heterocycles. The van der Waals surface area contributed by atoms with Gasteiger partial charge in [-0.3, -0.25) is 9.69 Å². The second-order valence-corrected chi connectivity index (χ2v) is 11.5. The highest BCUT2D eigenvalue weighted by molar-refractivity contribution is 7.13. The third kappa shape index (κ3) is 6.21. The normalized spacial score (nSPS) is 12.4. The molecule has 0 spiro atoms. The van der Waals surface area contributed by atoms with Crippen LogP contribution in [0.2, 0.25) is 0 Å². The van der Waals surface area contributed by atoms with Gasteiger partial charge in [0.15, 0.2) is 0 Å². The smallest absolute Gasteiger partial charge is 0.449 e. The molecule has 212 valence electrons. The van der Waals surface area contributed by atoms with E-state index in [1.54, 1.807) is 19.2 Å². The number of hydrogen-bond acceptors (Lipinski definition) is 5. The molecule has 0 aliphatic heterocycles. The Morgan fingerprint density at radius 3 is 2.37 bits per heavy atom. The first-order chi connectivity index (χ1) is 19.4. The molecule has 0 amide bonds. The molecule has 0 fully saturated rings. The first-order valence-corrected chi connectivity index (χ1v) is 13.9. The van der Waals surface area contributed by atoms with Crippen molar-refractivity contribution in [2.45, 2.75) is 52.0 Å². The summed E-state index contributed by atoms with van der Waals surface area (Å²) in [6.45, 7) is 6.47. The zero-order valence-corrected chi connectivity index (χ0v) is 23.6. The summed E-state index contributed by atoms with van der Waals surface area (Å²) in [5, 5.41) is 14.2. The number of carboxylic acids is 1. The zero-order chi connectivity index (χ0) is 29.4. The Bertz CT molecular complexity index is 1690. The molecule has 9 heteroatoms. The van der Waals surface area contributed by atoms with Crippen molar-refractivity contribution in [3.8, 4) is 10.6 Å². The summed E-state index contributed by atoms with van der Waals surface area (Å²) in [6, 6.07) is 22.4. The number of thiazole rings is 1. The fourth-order valence-electron chi connectivity index (χ4n) is 4.70. The molecule has 5 nitrogen and oxygen atoms in total. The van der Waals surface area contributed by atoms with E-state index < -0.39 is 23.3 Å². The quantitative estimate of drug-likeness (QED) is 0.190. The first kappa shape index (κ1) is 28.6. The van der Waals surface area contributed by atoms with Gasteiger partial charge >= 0.3 is 12.1 Å². The highest BCUT2D eigenvalue weighted by Crippen LogP contribution is 2.33. The molecule has 0 atom stereocenters. The monoisotopic (exact) mass is 578 g/mol. The third-order valence-corrected chi connectivity index (χ3v) is 8.15. The number of benzene rings is 3. The fraction of sp³-hybridized carbons (Fsp3) is 0.250. The molecule has 0 bridgehead atoms. The minimum atomic E-state index is -4.54. The summed E-state index contributed by atoms with van der Waals surface area (Å²) in [6.07, 6.45) is -4.54. The van der Waals surface area contributed by atoms with Crippen LogP contribution in [0.1, 0.15) is 47.8 Å². The molecule has 5 rings (SSSR count). The number of aliphatic carboxylic acids is 1. The van der Waals surface area contributed by atoms with Crippen LogP contribution < -0.4 is 0 Å². The number of alkyl halides is 3. The van der Waals surface area contributed by atoms with Crippen LogP contribution in [-0.4, -0.2) is 21.0 Å². The Labute approximate surface area is 239 Å². The Balaban J connectivity index is 1.42. The summed E-state index contributed by atoms with van der Waals surface area (Å²) in [5.41, 5.74) is 3.46. The van der Waals surface area contributed by atoms with Crippen molar-refractivity contribution in [2.24, 2.45) is 0 Å². The van der Waals surface area contributed by atoms with Crippen LogP contribution in [0.15, 0.2) is 82.6 Å². The van der Waals surface area contributed by atoms with Gasteiger partial charge in [0.25, 0.3) is 0 Å². The molecule has 0 saturated carbocycles. The van der Waals surface area contributed by atoms with Crippen molar-refractivity contribution in [2.75, 3.05) is 0 Å². The molecule has 0 unspecified atom stereocenters. The van der Waals surface area contributed by atoms with Crippen molar-refractivity contribution in [1.29, 1.82) is 0 Å².